The molecule has 0 aromatic heterocycles. The van der Waals surface area contributed by atoms with Crippen molar-refractivity contribution in [2.24, 2.45) is 0 Å². The Morgan fingerprint density at radius 3 is 2.47 bits per heavy atom. The summed E-state index contributed by atoms with van der Waals surface area (Å²) in [5.41, 5.74) is 1.25. The van der Waals surface area contributed by atoms with Gasteiger partial charge in [-0.3, -0.25) is 4.57 Å². The third-order valence-corrected chi connectivity index (χ3v) is 3.38. The van der Waals surface area contributed by atoms with Crippen LogP contribution >= 0.6 is 7.60 Å². The lowest BCUT2D eigenvalue weighted by Crippen LogP contribution is -2.05. The first kappa shape index (κ1) is 15.6. The fraction of sp³-hybridized carbons (Fsp3) is 0.308. The first-order valence-corrected chi connectivity index (χ1v) is 7.60. The van der Waals surface area contributed by atoms with E-state index in [1.54, 1.807) is 6.08 Å². The Labute approximate surface area is 112 Å². The fourth-order valence-electron chi connectivity index (χ4n) is 1.59. The summed E-state index contributed by atoms with van der Waals surface area (Å²) in [6.07, 6.45) is 1.94. The van der Waals surface area contributed by atoms with Crippen molar-refractivity contribution in [2.75, 3.05) is 13.3 Å². The Morgan fingerprint density at radius 1 is 1.32 bits per heavy atom. The van der Waals surface area contributed by atoms with Gasteiger partial charge in [0.15, 0.2) is 0 Å². The van der Waals surface area contributed by atoms with Crippen LogP contribution in [-0.2, 0) is 14.1 Å². The van der Waals surface area contributed by atoms with Crippen LogP contribution in [0.5, 0.6) is 0 Å². The molecule has 1 rings (SSSR count). The van der Waals surface area contributed by atoms with Crippen LogP contribution in [0, 0.1) is 0 Å². The molecule has 0 saturated heterocycles. The minimum atomic E-state index is -4.02. The number of ether oxygens (including phenoxy) is 1. The molecule has 0 aliphatic carbocycles. The number of carbonyl (C=O) groups excluding carboxylic acids is 1. The van der Waals surface area contributed by atoms with Crippen molar-refractivity contribution >= 4 is 19.6 Å². The molecule has 5 nitrogen and oxygen atoms in total. The Kier molecular flexibility index (Phi) is 5.96. The molecule has 0 atom stereocenters. The van der Waals surface area contributed by atoms with Gasteiger partial charge in [0.2, 0.25) is 0 Å². The minimum Gasteiger partial charge on any atom is -0.466 e. The number of rotatable bonds is 6. The fourth-order valence-corrected chi connectivity index (χ4v) is 2.16. The predicted molar refractivity (Wildman–Crippen MR) is 72.6 cm³/mol. The lowest BCUT2D eigenvalue weighted by atomic mass is 10.1. The summed E-state index contributed by atoms with van der Waals surface area (Å²) < 4.78 is 15.4. The molecule has 0 unspecified atom stereocenters. The van der Waals surface area contributed by atoms with E-state index in [1.165, 1.54) is 7.11 Å². The Balaban J connectivity index is 2.76. The third kappa shape index (κ3) is 6.34. The summed E-state index contributed by atoms with van der Waals surface area (Å²) in [5, 5.41) is 0. The zero-order chi connectivity index (χ0) is 14.3. The van der Waals surface area contributed by atoms with Crippen molar-refractivity contribution in [1.82, 2.24) is 0 Å². The van der Waals surface area contributed by atoms with Gasteiger partial charge in [0, 0.05) is 5.57 Å². The number of esters is 1. The van der Waals surface area contributed by atoms with E-state index in [1.807, 2.05) is 30.3 Å². The molecule has 1 aromatic carbocycles. The topological polar surface area (TPSA) is 83.8 Å². The maximum atomic E-state index is 11.6. The summed E-state index contributed by atoms with van der Waals surface area (Å²) >= 11 is 0. The van der Waals surface area contributed by atoms with Crippen molar-refractivity contribution < 1.29 is 23.9 Å². The van der Waals surface area contributed by atoms with Crippen molar-refractivity contribution in [3.05, 3.63) is 41.5 Å². The third-order valence-electron chi connectivity index (χ3n) is 2.48. The lowest BCUT2D eigenvalue weighted by molar-refractivity contribution is -0.136. The summed E-state index contributed by atoms with van der Waals surface area (Å²) in [6, 6.07) is 9.23. The van der Waals surface area contributed by atoms with Crippen LogP contribution < -0.4 is 0 Å². The molecule has 104 valence electrons. The summed E-state index contributed by atoms with van der Waals surface area (Å²) in [6.45, 7) is 0. The van der Waals surface area contributed by atoms with Gasteiger partial charge in [-0.05, 0) is 24.5 Å². The predicted octanol–water partition coefficient (Wildman–Crippen LogP) is 2.20. The largest absolute Gasteiger partial charge is 0.466 e. The molecule has 0 spiro atoms. The monoisotopic (exact) mass is 284 g/mol. The number of hydrogen-bond acceptors (Lipinski definition) is 3. The van der Waals surface area contributed by atoms with Gasteiger partial charge in [-0.25, -0.2) is 4.79 Å². The van der Waals surface area contributed by atoms with Gasteiger partial charge in [0.25, 0.3) is 0 Å². The van der Waals surface area contributed by atoms with Gasteiger partial charge >= 0.3 is 13.6 Å². The molecule has 19 heavy (non-hydrogen) atoms. The number of methoxy groups -OCH3 is 1. The van der Waals surface area contributed by atoms with Crippen molar-refractivity contribution in [1.29, 1.82) is 0 Å². The SMILES string of the molecule is COC(=O)/C(=C/c1ccccc1)CCCP(=O)(O)O. The number of benzene rings is 1. The van der Waals surface area contributed by atoms with Crippen LogP contribution in [0.25, 0.3) is 6.08 Å². The lowest BCUT2D eigenvalue weighted by Gasteiger charge is -2.07. The highest BCUT2D eigenvalue weighted by Gasteiger charge is 2.15. The minimum absolute atomic E-state index is 0.234. The molecule has 0 fully saturated rings. The van der Waals surface area contributed by atoms with E-state index in [9.17, 15) is 9.36 Å². The first-order chi connectivity index (χ1) is 8.92. The van der Waals surface area contributed by atoms with E-state index < -0.39 is 13.6 Å². The van der Waals surface area contributed by atoms with Crippen LogP contribution in [0.1, 0.15) is 18.4 Å². The van der Waals surface area contributed by atoms with Gasteiger partial charge in [0.05, 0.1) is 13.3 Å². The zero-order valence-corrected chi connectivity index (χ0v) is 11.5. The maximum Gasteiger partial charge on any atom is 0.333 e. The van der Waals surface area contributed by atoms with Crippen LogP contribution in [0.2, 0.25) is 0 Å². The highest BCUT2D eigenvalue weighted by Crippen LogP contribution is 2.35. The van der Waals surface area contributed by atoms with Crippen LogP contribution in [0.3, 0.4) is 0 Å². The molecule has 0 amide bonds. The first-order valence-electron chi connectivity index (χ1n) is 5.81. The molecule has 0 aliphatic rings. The number of hydrogen-bond donors (Lipinski definition) is 2. The highest BCUT2D eigenvalue weighted by molar-refractivity contribution is 7.51. The van der Waals surface area contributed by atoms with E-state index >= 15 is 0 Å². The standard InChI is InChI=1S/C13H17O5P/c1-18-13(14)12(8-5-9-19(15,16)17)10-11-6-3-2-4-7-11/h2-4,6-7,10H,5,8-9H2,1H3,(H2,15,16,17)/b12-10+. The van der Waals surface area contributed by atoms with Crippen molar-refractivity contribution in [3.63, 3.8) is 0 Å². The average molecular weight is 284 g/mol. The van der Waals surface area contributed by atoms with Crippen LogP contribution in [-0.4, -0.2) is 29.0 Å². The molecular weight excluding hydrogens is 267 g/mol. The van der Waals surface area contributed by atoms with Gasteiger partial charge in [-0.15, -0.1) is 0 Å². The van der Waals surface area contributed by atoms with Crippen LogP contribution in [0.4, 0.5) is 0 Å². The second-order valence-corrected chi connectivity index (χ2v) is 5.84. The van der Waals surface area contributed by atoms with Crippen LogP contribution in [0.15, 0.2) is 35.9 Å². The number of carbonyl (C=O) groups is 1. The molecule has 0 radical (unpaired) electrons. The molecule has 1 aromatic rings. The van der Waals surface area contributed by atoms with Gasteiger partial charge < -0.3 is 14.5 Å². The Hall–Kier alpha value is -1.42. The van der Waals surface area contributed by atoms with Gasteiger partial charge in [-0.1, -0.05) is 30.3 Å². The van der Waals surface area contributed by atoms with Crippen molar-refractivity contribution in [2.45, 2.75) is 12.8 Å². The molecule has 0 heterocycles. The molecule has 0 bridgehead atoms. The maximum absolute atomic E-state index is 11.6. The molecule has 2 N–H and O–H groups in total. The van der Waals surface area contributed by atoms with E-state index in [0.717, 1.165) is 5.56 Å². The van der Waals surface area contributed by atoms with E-state index in [2.05, 4.69) is 4.74 Å². The quantitative estimate of drug-likeness (QED) is 0.475. The molecule has 0 saturated carbocycles. The highest BCUT2D eigenvalue weighted by atomic mass is 31.2. The smallest absolute Gasteiger partial charge is 0.333 e. The Morgan fingerprint density at radius 2 is 1.95 bits per heavy atom. The molecular formula is C13H17O5P. The summed E-state index contributed by atoms with van der Waals surface area (Å²) in [7, 11) is -2.74. The molecule has 0 aliphatic heterocycles. The average Bonchev–Trinajstić information content (AvgIpc) is 2.36. The van der Waals surface area contributed by atoms with Crippen molar-refractivity contribution in [3.8, 4) is 0 Å². The van der Waals surface area contributed by atoms with Gasteiger partial charge in [0.1, 0.15) is 0 Å². The van der Waals surface area contributed by atoms with E-state index in [0.29, 0.717) is 5.57 Å². The summed E-state index contributed by atoms with van der Waals surface area (Å²) in [5.74, 6) is -0.477. The van der Waals surface area contributed by atoms with E-state index in [4.69, 9.17) is 9.79 Å². The summed E-state index contributed by atoms with van der Waals surface area (Å²) in [4.78, 5) is 29.2. The van der Waals surface area contributed by atoms with Gasteiger partial charge in [-0.2, -0.15) is 0 Å². The van der Waals surface area contributed by atoms with E-state index in [-0.39, 0.29) is 19.0 Å². The normalized spacial score (nSPS) is 12.3. The second kappa shape index (κ2) is 7.24. The molecule has 6 heteroatoms. The zero-order valence-electron chi connectivity index (χ0n) is 10.7. The Bertz CT molecular complexity index is 489. The second-order valence-electron chi connectivity index (χ2n) is 4.06.